The van der Waals surface area contributed by atoms with E-state index >= 15 is 0 Å². The molecule has 0 aromatic heterocycles. The molecule has 0 amide bonds. The standard InChI is InChI=1S/C22H34N2O3S/c1-14(2)19-11-8-17(5)22(25)13-12-16(4)21(20(19)22)23-24-28(26,27)18-9-6-15(3)7-10-18/h6-7,9-10,14,16-17,19-20,24-25H,8,11-13H2,1-5H3/t16-,17-,19+,20+,22+/m1/s1. The molecule has 0 bridgehead atoms. The molecule has 0 spiro atoms. The Hall–Kier alpha value is -1.40. The van der Waals surface area contributed by atoms with Gasteiger partial charge in [-0.25, -0.2) is 4.83 Å². The fourth-order valence-electron chi connectivity index (χ4n) is 5.10. The molecule has 5 atom stereocenters. The minimum absolute atomic E-state index is 0.0966. The average molecular weight is 407 g/mol. The summed E-state index contributed by atoms with van der Waals surface area (Å²) in [6.07, 6.45) is 3.63. The summed E-state index contributed by atoms with van der Waals surface area (Å²) in [5.41, 5.74) is 1.02. The third-order valence-electron chi connectivity index (χ3n) is 7.04. The Balaban J connectivity index is 1.96. The molecule has 156 valence electrons. The zero-order valence-electron chi connectivity index (χ0n) is 17.6. The molecule has 0 saturated heterocycles. The monoisotopic (exact) mass is 406 g/mol. The molecule has 3 rings (SSSR count). The lowest BCUT2D eigenvalue weighted by Crippen LogP contribution is -2.59. The summed E-state index contributed by atoms with van der Waals surface area (Å²) in [4.78, 5) is 2.68. The van der Waals surface area contributed by atoms with Crippen LogP contribution in [0.2, 0.25) is 0 Å². The van der Waals surface area contributed by atoms with Crippen LogP contribution in [0.1, 0.15) is 58.9 Å². The van der Waals surface area contributed by atoms with Crippen LogP contribution in [0.5, 0.6) is 0 Å². The summed E-state index contributed by atoms with van der Waals surface area (Å²) in [6.45, 7) is 10.5. The number of aliphatic hydroxyl groups is 1. The summed E-state index contributed by atoms with van der Waals surface area (Å²) in [5, 5.41) is 16.0. The van der Waals surface area contributed by atoms with E-state index in [1.54, 1.807) is 24.3 Å². The lowest BCUT2D eigenvalue weighted by atomic mass is 9.54. The van der Waals surface area contributed by atoms with Gasteiger partial charge in [-0.3, -0.25) is 0 Å². The number of aryl methyl sites for hydroxylation is 1. The van der Waals surface area contributed by atoms with Gasteiger partial charge in [0, 0.05) is 11.6 Å². The average Bonchev–Trinajstić information content (AvgIpc) is 2.63. The molecule has 2 N–H and O–H groups in total. The largest absolute Gasteiger partial charge is 0.389 e. The van der Waals surface area contributed by atoms with E-state index < -0.39 is 15.6 Å². The summed E-state index contributed by atoms with van der Waals surface area (Å²) >= 11 is 0. The van der Waals surface area contributed by atoms with Crippen LogP contribution in [0.15, 0.2) is 34.3 Å². The molecule has 2 aliphatic carbocycles. The highest BCUT2D eigenvalue weighted by Crippen LogP contribution is 2.51. The van der Waals surface area contributed by atoms with E-state index in [4.69, 9.17) is 0 Å². The second-order valence-corrected chi connectivity index (χ2v) is 10.9. The zero-order valence-corrected chi connectivity index (χ0v) is 18.5. The maximum absolute atomic E-state index is 12.7. The van der Waals surface area contributed by atoms with Gasteiger partial charge in [-0.15, -0.1) is 0 Å². The zero-order chi connectivity index (χ0) is 20.7. The Morgan fingerprint density at radius 1 is 1.14 bits per heavy atom. The van der Waals surface area contributed by atoms with Crippen LogP contribution >= 0.6 is 0 Å². The number of hydrogen-bond acceptors (Lipinski definition) is 4. The van der Waals surface area contributed by atoms with Crippen molar-refractivity contribution in [3.05, 3.63) is 29.8 Å². The highest BCUT2D eigenvalue weighted by Gasteiger charge is 2.54. The molecular weight excluding hydrogens is 372 g/mol. The van der Waals surface area contributed by atoms with Gasteiger partial charge in [0.1, 0.15) is 0 Å². The summed E-state index contributed by atoms with van der Waals surface area (Å²) in [5.74, 6) is 0.969. The number of nitrogens with zero attached hydrogens (tertiary/aromatic N) is 1. The maximum Gasteiger partial charge on any atom is 0.276 e. The van der Waals surface area contributed by atoms with E-state index in [9.17, 15) is 13.5 Å². The van der Waals surface area contributed by atoms with E-state index in [-0.39, 0.29) is 22.6 Å². The van der Waals surface area contributed by atoms with Crippen molar-refractivity contribution >= 4 is 15.7 Å². The normalized spacial score (nSPS) is 35.0. The fraction of sp³-hybridized carbons (Fsp3) is 0.682. The van der Waals surface area contributed by atoms with Crippen molar-refractivity contribution in [3.63, 3.8) is 0 Å². The van der Waals surface area contributed by atoms with Crippen molar-refractivity contribution < 1.29 is 13.5 Å². The molecule has 2 aliphatic rings. The van der Waals surface area contributed by atoms with Crippen molar-refractivity contribution in [2.45, 2.75) is 70.8 Å². The second-order valence-electron chi connectivity index (χ2n) is 9.24. The van der Waals surface area contributed by atoms with Crippen LogP contribution in [0, 0.1) is 36.5 Å². The van der Waals surface area contributed by atoms with Crippen molar-refractivity contribution in [2.24, 2.45) is 34.7 Å². The smallest absolute Gasteiger partial charge is 0.276 e. The number of sulfonamides is 1. The first-order valence-electron chi connectivity index (χ1n) is 10.4. The van der Waals surface area contributed by atoms with Crippen LogP contribution in [-0.4, -0.2) is 24.8 Å². The maximum atomic E-state index is 12.7. The summed E-state index contributed by atoms with van der Waals surface area (Å²) < 4.78 is 25.5. The number of fused-ring (bicyclic) bond motifs is 1. The molecule has 0 aliphatic heterocycles. The summed E-state index contributed by atoms with van der Waals surface area (Å²) in [7, 11) is -3.73. The minimum atomic E-state index is -3.73. The Morgan fingerprint density at radius 2 is 1.79 bits per heavy atom. The number of nitrogens with one attached hydrogen (secondary N) is 1. The van der Waals surface area contributed by atoms with Gasteiger partial charge in [-0.2, -0.15) is 13.5 Å². The Labute approximate surface area is 169 Å². The molecule has 0 radical (unpaired) electrons. The van der Waals surface area contributed by atoms with Crippen LogP contribution in [0.3, 0.4) is 0 Å². The first kappa shape index (κ1) is 21.3. The van der Waals surface area contributed by atoms with Gasteiger partial charge in [-0.1, -0.05) is 45.4 Å². The van der Waals surface area contributed by atoms with E-state index in [0.717, 1.165) is 37.0 Å². The van der Waals surface area contributed by atoms with Gasteiger partial charge in [0.2, 0.25) is 0 Å². The first-order valence-corrected chi connectivity index (χ1v) is 11.9. The molecule has 0 heterocycles. The third-order valence-corrected chi connectivity index (χ3v) is 8.26. The van der Waals surface area contributed by atoms with Gasteiger partial charge in [-0.05, 0) is 68.4 Å². The van der Waals surface area contributed by atoms with Crippen LogP contribution < -0.4 is 4.83 Å². The highest BCUT2D eigenvalue weighted by atomic mass is 32.2. The molecule has 1 aromatic rings. The lowest BCUT2D eigenvalue weighted by molar-refractivity contribution is -0.111. The number of hydrogen-bond donors (Lipinski definition) is 2. The molecular formula is C22H34N2O3S. The molecule has 28 heavy (non-hydrogen) atoms. The Morgan fingerprint density at radius 3 is 2.39 bits per heavy atom. The number of hydrazone groups is 1. The van der Waals surface area contributed by atoms with Crippen LogP contribution in [-0.2, 0) is 10.0 Å². The predicted molar refractivity (Wildman–Crippen MR) is 112 cm³/mol. The number of benzene rings is 1. The topological polar surface area (TPSA) is 78.8 Å². The molecule has 0 unspecified atom stereocenters. The van der Waals surface area contributed by atoms with Gasteiger partial charge in [0.25, 0.3) is 10.0 Å². The number of rotatable bonds is 4. The predicted octanol–water partition coefficient (Wildman–Crippen LogP) is 4.11. The van der Waals surface area contributed by atoms with Crippen molar-refractivity contribution in [2.75, 3.05) is 0 Å². The third kappa shape index (κ3) is 3.86. The van der Waals surface area contributed by atoms with Crippen LogP contribution in [0.25, 0.3) is 0 Å². The molecule has 2 saturated carbocycles. The van der Waals surface area contributed by atoms with Gasteiger partial charge >= 0.3 is 0 Å². The van der Waals surface area contributed by atoms with Crippen molar-refractivity contribution in [1.82, 2.24) is 4.83 Å². The van der Waals surface area contributed by atoms with E-state index in [1.165, 1.54) is 0 Å². The minimum Gasteiger partial charge on any atom is -0.389 e. The van der Waals surface area contributed by atoms with Gasteiger partial charge in [0.15, 0.2) is 0 Å². The van der Waals surface area contributed by atoms with Crippen LogP contribution in [0.4, 0.5) is 0 Å². The van der Waals surface area contributed by atoms with Gasteiger partial charge in [0.05, 0.1) is 10.5 Å². The van der Waals surface area contributed by atoms with E-state index in [0.29, 0.717) is 11.8 Å². The summed E-state index contributed by atoms with van der Waals surface area (Å²) in [6, 6.07) is 6.75. The Bertz CT molecular complexity index is 832. The first-order chi connectivity index (χ1) is 13.1. The van der Waals surface area contributed by atoms with Crippen molar-refractivity contribution in [1.29, 1.82) is 0 Å². The lowest BCUT2D eigenvalue weighted by Gasteiger charge is -2.54. The Kier molecular flexibility index (Phi) is 5.93. The SMILES string of the molecule is Cc1ccc(S(=O)(=O)NN=C2[C@H](C)CC[C@]3(O)[C@H](C)CC[C@@H](C(C)C)[C@@H]23)cc1. The fourth-order valence-corrected chi connectivity index (χ4v) is 5.92. The molecule has 2 fully saturated rings. The van der Waals surface area contributed by atoms with E-state index in [1.807, 2.05) is 6.92 Å². The highest BCUT2D eigenvalue weighted by molar-refractivity contribution is 7.89. The molecule has 5 nitrogen and oxygen atoms in total. The van der Waals surface area contributed by atoms with Gasteiger partial charge < -0.3 is 5.11 Å². The van der Waals surface area contributed by atoms with E-state index in [2.05, 4.69) is 37.6 Å². The quantitative estimate of drug-likeness (QED) is 0.739. The second kappa shape index (κ2) is 7.79. The van der Waals surface area contributed by atoms with Crippen molar-refractivity contribution in [3.8, 4) is 0 Å². The molecule has 1 aromatic carbocycles. The molecule has 6 heteroatoms.